The Bertz CT molecular complexity index is 1010. The molecule has 0 unspecified atom stereocenters. The Hall–Kier alpha value is -2.69. The Labute approximate surface area is 187 Å². The highest BCUT2D eigenvalue weighted by atomic mass is 32.1. The number of hydrogen-bond donors (Lipinski definition) is 2. The number of anilines is 2. The second-order valence-corrected chi connectivity index (χ2v) is 9.84. The van der Waals surface area contributed by atoms with Crippen LogP contribution in [0.4, 0.5) is 10.7 Å². The van der Waals surface area contributed by atoms with Gasteiger partial charge in [-0.15, -0.1) is 11.3 Å². The maximum atomic E-state index is 12.7. The highest BCUT2D eigenvalue weighted by molar-refractivity contribution is 7.16. The van der Waals surface area contributed by atoms with E-state index in [9.17, 15) is 14.9 Å². The van der Waals surface area contributed by atoms with Crippen molar-refractivity contribution in [2.75, 3.05) is 42.9 Å². The number of ketones is 1. The van der Waals surface area contributed by atoms with Crippen LogP contribution in [0.25, 0.3) is 0 Å². The summed E-state index contributed by atoms with van der Waals surface area (Å²) in [5, 5.41) is 13.4. The molecule has 2 aliphatic rings. The van der Waals surface area contributed by atoms with Gasteiger partial charge in [-0.25, -0.2) is 0 Å². The summed E-state index contributed by atoms with van der Waals surface area (Å²) in [6.45, 7) is 7.74. The van der Waals surface area contributed by atoms with E-state index in [0.717, 1.165) is 67.3 Å². The molecule has 0 radical (unpaired) electrons. The minimum atomic E-state index is -0.0163. The Kier molecular flexibility index (Phi) is 6.40. The van der Waals surface area contributed by atoms with Crippen LogP contribution in [0.2, 0.25) is 0 Å². The number of benzene rings is 1. The normalized spacial score (nSPS) is 18.9. The number of Topliss-reactive ketones (excluding diaryl/α,β-unsaturated/α-hetero) is 1. The quantitative estimate of drug-likeness (QED) is 0.704. The largest absolute Gasteiger partial charge is 0.360 e. The zero-order valence-corrected chi connectivity index (χ0v) is 19.0. The predicted octanol–water partition coefficient (Wildman–Crippen LogP) is 2.29. The number of thiophene rings is 1. The van der Waals surface area contributed by atoms with Gasteiger partial charge in [0.15, 0.2) is 12.3 Å². The van der Waals surface area contributed by atoms with Gasteiger partial charge in [0, 0.05) is 16.1 Å². The minimum Gasteiger partial charge on any atom is -0.360 e. The fraction of sp³-hybridized carbons (Fsp3) is 0.458. The standard InChI is InChI=1S/C24H28N4O2S/c1-16-3-8-20-21(14-25)24(31-22(20)13-16)26-23(30)15-27-9-11-28(12-10-27)19-6-4-18(5-7-19)17(2)29/h4-7,16H,3,8-13,15H2,1-2H3,(H,26,30)/p+1/t16-/m1/s1. The maximum absolute atomic E-state index is 12.7. The number of hydrogen-bond acceptors (Lipinski definition) is 5. The van der Waals surface area contributed by atoms with E-state index in [1.807, 2.05) is 24.3 Å². The first-order chi connectivity index (χ1) is 14.9. The number of fused-ring (bicyclic) bond motifs is 1. The van der Waals surface area contributed by atoms with Crippen LogP contribution >= 0.6 is 11.3 Å². The van der Waals surface area contributed by atoms with Gasteiger partial charge in [-0.2, -0.15) is 5.26 Å². The van der Waals surface area contributed by atoms with Crippen LogP contribution < -0.4 is 15.1 Å². The molecule has 1 fully saturated rings. The smallest absolute Gasteiger partial charge is 0.280 e. The molecule has 2 N–H and O–H groups in total. The van der Waals surface area contributed by atoms with Gasteiger partial charge >= 0.3 is 0 Å². The molecule has 1 atom stereocenters. The lowest BCUT2D eigenvalue weighted by Crippen LogP contribution is -3.15. The van der Waals surface area contributed by atoms with Crippen molar-refractivity contribution in [3.63, 3.8) is 0 Å². The van der Waals surface area contributed by atoms with Crippen LogP contribution in [0.3, 0.4) is 0 Å². The first kappa shape index (κ1) is 21.5. The third-order valence-electron chi connectivity index (χ3n) is 6.40. The van der Waals surface area contributed by atoms with Crippen molar-refractivity contribution >= 4 is 33.7 Å². The molecular formula is C24H29N4O2S+. The molecule has 1 aliphatic carbocycles. The molecule has 0 bridgehead atoms. The monoisotopic (exact) mass is 437 g/mol. The van der Waals surface area contributed by atoms with Gasteiger partial charge in [-0.05, 0) is 61.9 Å². The van der Waals surface area contributed by atoms with Gasteiger partial charge in [0.25, 0.3) is 5.91 Å². The molecule has 6 nitrogen and oxygen atoms in total. The SMILES string of the molecule is CC(=O)c1ccc(N2CC[NH+](CC(=O)Nc3sc4c(c3C#N)CC[C@@H](C)C4)CC2)cc1. The molecule has 0 spiro atoms. The Morgan fingerprint density at radius 3 is 2.61 bits per heavy atom. The van der Waals surface area contributed by atoms with Crippen molar-refractivity contribution in [1.82, 2.24) is 0 Å². The molecule has 1 aromatic carbocycles. The van der Waals surface area contributed by atoms with E-state index >= 15 is 0 Å². The summed E-state index contributed by atoms with van der Waals surface area (Å²) < 4.78 is 0. The van der Waals surface area contributed by atoms with E-state index in [1.54, 1.807) is 18.3 Å². The summed E-state index contributed by atoms with van der Waals surface area (Å²) >= 11 is 1.59. The van der Waals surface area contributed by atoms with E-state index in [1.165, 1.54) is 9.78 Å². The Morgan fingerprint density at radius 1 is 1.26 bits per heavy atom. The number of quaternary nitrogens is 1. The Morgan fingerprint density at radius 2 is 1.97 bits per heavy atom. The van der Waals surface area contributed by atoms with Crippen LogP contribution in [-0.2, 0) is 17.6 Å². The summed E-state index contributed by atoms with van der Waals surface area (Å²) in [5.74, 6) is 0.700. The van der Waals surface area contributed by atoms with Gasteiger partial charge in [0.05, 0.1) is 31.7 Å². The molecule has 2 aromatic rings. The average Bonchev–Trinajstić information content (AvgIpc) is 3.10. The van der Waals surface area contributed by atoms with Gasteiger partial charge in [-0.1, -0.05) is 6.92 Å². The molecule has 1 aliphatic heterocycles. The molecule has 0 saturated carbocycles. The Balaban J connectivity index is 1.32. The van der Waals surface area contributed by atoms with E-state index in [4.69, 9.17) is 0 Å². The van der Waals surface area contributed by atoms with Crippen molar-refractivity contribution < 1.29 is 14.5 Å². The van der Waals surface area contributed by atoms with E-state index in [0.29, 0.717) is 18.0 Å². The van der Waals surface area contributed by atoms with E-state index < -0.39 is 0 Å². The van der Waals surface area contributed by atoms with E-state index in [2.05, 4.69) is 23.2 Å². The average molecular weight is 438 g/mol. The number of carbonyl (C=O) groups excluding carboxylic acids is 2. The van der Waals surface area contributed by atoms with Crippen molar-refractivity contribution in [1.29, 1.82) is 5.26 Å². The molecule has 1 amide bonds. The number of piperazine rings is 1. The number of carbonyl (C=O) groups is 2. The zero-order chi connectivity index (χ0) is 22.0. The zero-order valence-electron chi connectivity index (χ0n) is 18.2. The number of nitrogens with one attached hydrogen (secondary N) is 2. The van der Waals surface area contributed by atoms with E-state index in [-0.39, 0.29) is 11.7 Å². The number of nitriles is 1. The van der Waals surface area contributed by atoms with Crippen molar-refractivity contribution in [2.24, 2.45) is 5.92 Å². The van der Waals surface area contributed by atoms with Crippen molar-refractivity contribution in [2.45, 2.75) is 33.1 Å². The fourth-order valence-electron chi connectivity index (χ4n) is 4.52. The second kappa shape index (κ2) is 9.21. The molecule has 1 aromatic heterocycles. The summed E-state index contributed by atoms with van der Waals surface area (Å²) in [7, 11) is 0. The first-order valence-electron chi connectivity index (χ1n) is 11.0. The topological polar surface area (TPSA) is 77.6 Å². The van der Waals surface area contributed by atoms with Crippen LogP contribution in [0.5, 0.6) is 0 Å². The van der Waals surface area contributed by atoms with Crippen LogP contribution in [0.1, 0.15) is 46.6 Å². The lowest BCUT2D eigenvalue weighted by Gasteiger charge is -2.33. The third kappa shape index (κ3) is 4.81. The highest BCUT2D eigenvalue weighted by Crippen LogP contribution is 2.39. The number of nitrogens with zero attached hydrogens (tertiary/aromatic N) is 2. The minimum absolute atomic E-state index is 0.0163. The molecule has 7 heteroatoms. The van der Waals surface area contributed by atoms with Gasteiger partial charge < -0.3 is 15.1 Å². The van der Waals surface area contributed by atoms with Crippen LogP contribution in [-0.4, -0.2) is 44.4 Å². The van der Waals surface area contributed by atoms with Gasteiger partial charge in [-0.3, -0.25) is 9.59 Å². The number of amides is 1. The van der Waals surface area contributed by atoms with Crippen molar-refractivity contribution in [3.8, 4) is 6.07 Å². The predicted molar refractivity (Wildman–Crippen MR) is 123 cm³/mol. The summed E-state index contributed by atoms with van der Waals surface area (Å²) in [6.07, 6.45) is 3.05. The second-order valence-electron chi connectivity index (χ2n) is 8.73. The lowest BCUT2D eigenvalue weighted by atomic mass is 9.89. The maximum Gasteiger partial charge on any atom is 0.280 e. The molecule has 162 valence electrons. The molecule has 4 rings (SSSR count). The third-order valence-corrected chi connectivity index (χ3v) is 7.57. The lowest BCUT2D eigenvalue weighted by molar-refractivity contribution is -0.892. The molecular weight excluding hydrogens is 408 g/mol. The van der Waals surface area contributed by atoms with Crippen LogP contribution in [0, 0.1) is 17.2 Å². The molecule has 31 heavy (non-hydrogen) atoms. The number of rotatable bonds is 5. The molecule has 1 saturated heterocycles. The highest BCUT2D eigenvalue weighted by Gasteiger charge is 2.26. The van der Waals surface area contributed by atoms with Crippen LogP contribution in [0.15, 0.2) is 24.3 Å². The summed E-state index contributed by atoms with van der Waals surface area (Å²) in [5.41, 5.74) is 3.67. The first-order valence-corrected chi connectivity index (χ1v) is 11.8. The summed E-state index contributed by atoms with van der Waals surface area (Å²) in [4.78, 5) is 29.0. The van der Waals surface area contributed by atoms with Gasteiger partial charge in [0.1, 0.15) is 11.1 Å². The fourth-order valence-corrected chi connectivity index (χ4v) is 5.90. The molecule has 2 heterocycles. The van der Waals surface area contributed by atoms with Crippen molar-refractivity contribution in [3.05, 3.63) is 45.8 Å². The summed E-state index contributed by atoms with van der Waals surface area (Å²) in [6, 6.07) is 10.1. The van der Waals surface area contributed by atoms with Gasteiger partial charge in [0.2, 0.25) is 0 Å².